The second-order valence-corrected chi connectivity index (χ2v) is 6.50. The minimum Gasteiger partial charge on any atom is -0.480 e. The van der Waals surface area contributed by atoms with Gasteiger partial charge in [-0.05, 0) is 45.2 Å². The molecule has 0 aliphatic carbocycles. The van der Waals surface area contributed by atoms with E-state index in [9.17, 15) is 4.79 Å². The van der Waals surface area contributed by atoms with Crippen LogP contribution in [0.5, 0.6) is 5.88 Å². The topological polar surface area (TPSA) is 51.7 Å². The summed E-state index contributed by atoms with van der Waals surface area (Å²) < 4.78 is 10.5. The van der Waals surface area contributed by atoms with Crippen LogP contribution in [-0.2, 0) is 4.74 Å². The number of aromatic nitrogens is 1. The lowest BCUT2D eigenvalue weighted by Gasteiger charge is -2.28. The largest absolute Gasteiger partial charge is 0.480 e. The average molecular weight is 313 g/mol. The summed E-state index contributed by atoms with van der Waals surface area (Å²) in [6.45, 7) is 6.27. The van der Waals surface area contributed by atoms with E-state index >= 15 is 0 Å². The van der Waals surface area contributed by atoms with Crippen LogP contribution in [0.4, 0.5) is 4.79 Å². The fourth-order valence-electron chi connectivity index (χ4n) is 2.42. The zero-order valence-electron chi connectivity index (χ0n) is 12.9. The van der Waals surface area contributed by atoms with Crippen LogP contribution in [0.2, 0.25) is 5.02 Å². The molecule has 0 saturated carbocycles. The maximum Gasteiger partial charge on any atom is 0.410 e. The zero-order chi connectivity index (χ0) is 15.6. The van der Waals surface area contributed by atoms with Crippen LogP contribution in [0.1, 0.15) is 45.2 Å². The van der Waals surface area contributed by atoms with Crippen molar-refractivity contribution in [3.8, 4) is 5.88 Å². The quantitative estimate of drug-likeness (QED) is 0.833. The number of carbonyl (C=O) groups excluding carboxylic acids is 1. The van der Waals surface area contributed by atoms with E-state index in [2.05, 4.69) is 4.98 Å². The summed E-state index contributed by atoms with van der Waals surface area (Å²) in [5.41, 5.74) is 0.407. The van der Waals surface area contributed by atoms with E-state index < -0.39 is 5.60 Å². The molecule has 1 amide bonds. The van der Waals surface area contributed by atoms with Crippen molar-refractivity contribution in [1.82, 2.24) is 9.88 Å². The Morgan fingerprint density at radius 3 is 2.76 bits per heavy atom. The molecule has 1 saturated heterocycles. The third-order valence-electron chi connectivity index (χ3n) is 3.29. The molecule has 2 heterocycles. The molecule has 0 bridgehead atoms. The molecule has 1 aliphatic heterocycles. The van der Waals surface area contributed by atoms with Gasteiger partial charge in [0, 0.05) is 12.7 Å². The number of pyridine rings is 1. The summed E-state index contributed by atoms with van der Waals surface area (Å²) in [4.78, 5) is 18.2. The van der Waals surface area contributed by atoms with Crippen molar-refractivity contribution in [2.45, 2.75) is 45.3 Å². The monoisotopic (exact) mass is 312 g/mol. The highest BCUT2D eigenvalue weighted by atomic mass is 35.5. The second-order valence-electron chi connectivity index (χ2n) is 6.09. The number of halogens is 1. The van der Waals surface area contributed by atoms with E-state index in [0.717, 1.165) is 18.4 Å². The van der Waals surface area contributed by atoms with Crippen molar-refractivity contribution >= 4 is 17.7 Å². The Bertz CT molecular complexity index is 528. The first-order valence-electron chi connectivity index (χ1n) is 7.01. The predicted molar refractivity (Wildman–Crippen MR) is 80.7 cm³/mol. The molecule has 116 valence electrons. The lowest BCUT2D eigenvalue weighted by molar-refractivity contribution is 0.0224. The molecule has 21 heavy (non-hydrogen) atoms. The third-order valence-corrected chi connectivity index (χ3v) is 3.56. The maximum absolute atomic E-state index is 12.3. The fourth-order valence-corrected chi connectivity index (χ4v) is 2.68. The van der Waals surface area contributed by atoms with Crippen molar-refractivity contribution < 1.29 is 14.3 Å². The van der Waals surface area contributed by atoms with Gasteiger partial charge in [0.1, 0.15) is 10.6 Å². The van der Waals surface area contributed by atoms with Gasteiger partial charge in [0.25, 0.3) is 0 Å². The van der Waals surface area contributed by atoms with Gasteiger partial charge in [0.15, 0.2) is 0 Å². The van der Waals surface area contributed by atoms with Crippen molar-refractivity contribution in [1.29, 1.82) is 0 Å². The first-order valence-corrected chi connectivity index (χ1v) is 7.38. The minimum absolute atomic E-state index is 0.0456. The van der Waals surface area contributed by atoms with E-state index in [1.165, 1.54) is 7.11 Å². The fraction of sp³-hybridized carbons (Fsp3) is 0.600. The Morgan fingerprint density at radius 2 is 2.19 bits per heavy atom. The zero-order valence-corrected chi connectivity index (χ0v) is 13.6. The highest BCUT2D eigenvalue weighted by molar-refractivity contribution is 6.31. The average Bonchev–Trinajstić information content (AvgIpc) is 2.85. The van der Waals surface area contributed by atoms with Gasteiger partial charge >= 0.3 is 6.09 Å². The molecule has 1 aromatic heterocycles. The van der Waals surface area contributed by atoms with Gasteiger partial charge < -0.3 is 14.4 Å². The highest BCUT2D eigenvalue weighted by Crippen LogP contribution is 2.35. The van der Waals surface area contributed by atoms with Crippen molar-refractivity contribution in [2.24, 2.45) is 0 Å². The molecule has 0 aromatic carbocycles. The molecule has 1 aliphatic rings. The lowest BCUT2D eigenvalue weighted by Crippen LogP contribution is -2.36. The highest BCUT2D eigenvalue weighted by Gasteiger charge is 2.33. The summed E-state index contributed by atoms with van der Waals surface area (Å²) in [6, 6.07) is 1.76. The molecule has 2 rings (SSSR count). The molecule has 1 unspecified atom stereocenters. The molecule has 5 nitrogen and oxygen atoms in total. The Hall–Kier alpha value is -1.49. The van der Waals surface area contributed by atoms with Gasteiger partial charge in [-0.1, -0.05) is 11.6 Å². The summed E-state index contributed by atoms with van der Waals surface area (Å²) in [5, 5.41) is 0.450. The molecule has 6 heteroatoms. The summed E-state index contributed by atoms with van der Waals surface area (Å²) >= 11 is 6.12. The normalized spacial score (nSPS) is 18.7. The molecular formula is C15H21ClN2O3. The van der Waals surface area contributed by atoms with Crippen LogP contribution in [0.3, 0.4) is 0 Å². The van der Waals surface area contributed by atoms with Crippen molar-refractivity contribution in [3.05, 3.63) is 22.8 Å². The van der Waals surface area contributed by atoms with Crippen LogP contribution in [-0.4, -0.2) is 35.2 Å². The number of likely N-dealkylation sites (tertiary alicyclic amines) is 1. The van der Waals surface area contributed by atoms with Crippen LogP contribution in [0.25, 0.3) is 0 Å². The van der Waals surface area contributed by atoms with E-state index in [1.807, 2.05) is 20.8 Å². The predicted octanol–water partition coefficient (Wildman–Crippen LogP) is 3.82. The standard InChI is InChI=1S/C15H21ClN2O3/c1-15(2,3)21-14(19)18-7-5-6-12(18)10-8-11(16)13(20-4)17-9-10/h8-9,12H,5-7H2,1-4H3. The van der Waals surface area contributed by atoms with Crippen molar-refractivity contribution in [2.75, 3.05) is 13.7 Å². The molecule has 1 aromatic rings. The van der Waals surface area contributed by atoms with Crippen LogP contribution < -0.4 is 4.74 Å². The lowest BCUT2D eigenvalue weighted by atomic mass is 10.1. The van der Waals surface area contributed by atoms with Gasteiger partial charge in [-0.3, -0.25) is 0 Å². The summed E-state index contributed by atoms with van der Waals surface area (Å²) in [6.07, 6.45) is 3.23. The number of nitrogens with zero attached hydrogens (tertiary/aromatic N) is 2. The molecule has 0 spiro atoms. The number of methoxy groups -OCH3 is 1. The first-order chi connectivity index (χ1) is 9.81. The second kappa shape index (κ2) is 6.10. The minimum atomic E-state index is -0.500. The van der Waals surface area contributed by atoms with E-state index in [4.69, 9.17) is 21.1 Å². The molecule has 0 N–H and O–H groups in total. The van der Waals surface area contributed by atoms with E-state index in [-0.39, 0.29) is 12.1 Å². The van der Waals surface area contributed by atoms with Gasteiger partial charge in [0.2, 0.25) is 5.88 Å². The van der Waals surface area contributed by atoms with Crippen LogP contribution in [0, 0.1) is 0 Å². The van der Waals surface area contributed by atoms with Crippen molar-refractivity contribution in [3.63, 3.8) is 0 Å². The van der Waals surface area contributed by atoms with E-state index in [1.54, 1.807) is 17.2 Å². The third kappa shape index (κ3) is 3.79. The number of hydrogen-bond donors (Lipinski definition) is 0. The maximum atomic E-state index is 12.3. The van der Waals surface area contributed by atoms with Crippen LogP contribution >= 0.6 is 11.6 Å². The molecular weight excluding hydrogens is 292 g/mol. The Labute approximate surface area is 130 Å². The van der Waals surface area contributed by atoms with Gasteiger partial charge in [-0.25, -0.2) is 9.78 Å². The molecule has 1 fully saturated rings. The number of rotatable bonds is 2. The smallest absolute Gasteiger partial charge is 0.410 e. The Morgan fingerprint density at radius 1 is 1.48 bits per heavy atom. The molecule has 0 radical (unpaired) electrons. The Balaban J connectivity index is 2.18. The summed E-state index contributed by atoms with van der Waals surface area (Å²) in [7, 11) is 1.52. The van der Waals surface area contributed by atoms with Gasteiger partial charge in [-0.2, -0.15) is 0 Å². The van der Waals surface area contributed by atoms with Gasteiger partial charge in [-0.15, -0.1) is 0 Å². The number of ether oxygens (including phenoxy) is 2. The number of amides is 1. The Kier molecular flexibility index (Phi) is 4.61. The van der Waals surface area contributed by atoms with Crippen LogP contribution in [0.15, 0.2) is 12.3 Å². The number of hydrogen-bond acceptors (Lipinski definition) is 4. The van der Waals surface area contributed by atoms with E-state index in [0.29, 0.717) is 17.4 Å². The summed E-state index contributed by atoms with van der Waals surface area (Å²) in [5.74, 6) is 0.391. The van der Waals surface area contributed by atoms with Gasteiger partial charge in [0.05, 0.1) is 13.2 Å². The number of carbonyl (C=O) groups is 1. The molecule has 1 atom stereocenters. The first kappa shape index (κ1) is 15.9. The SMILES string of the molecule is COc1ncc(C2CCCN2C(=O)OC(C)(C)C)cc1Cl.